The summed E-state index contributed by atoms with van der Waals surface area (Å²) >= 11 is 13.9. The summed E-state index contributed by atoms with van der Waals surface area (Å²) in [5.41, 5.74) is 1.34. The summed E-state index contributed by atoms with van der Waals surface area (Å²) in [5, 5.41) is 4.32. The topological polar surface area (TPSA) is 0 Å². The Kier molecular flexibility index (Phi) is 10.2. The molecule has 0 aliphatic heterocycles. The van der Waals surface area contributed by atoms with Crippen molar-refractivity contribution in [1.82, 2.24) is 0 Å². The molecule has 0 atom stereocenters. The van der Waals surface area contributed by atoms with Crippen LogP contribution in [0.2, 0.25) is 22.0 Å². The Morgan fingerprint density at radius 3 is 1.92 bits per heavy atom. The molecule has 0 N–H and O–H groups in total. The second kappa shape index (κ2) is 11.6. The average Bonchev–Trinajstić information content (AvgIpc) is 3.22. The number of thiophene rings is 2. The van der Waals surface area contributed by atoms with Crippen molar-refractivity contribution in [3.63, 3.8) is 0 Å². The fraction of sp³-hybridized carbons (Fsp3) is 0.600. The summed E-state index contributed by atoms with van der Waals surface area (Å²) < 4.78 is 8.10. The summed E-state index contributed by atoms with van der Waals surface area (Å²) in [7, 11) is 0. The standard InChI is InChI=1S/C8H10ClS.C4H2ClS.2C4H9.Sn/c1-2-3-4-7-5-6-10-8(7)9;5-4-2-1-3-6-4;2*1-3-4-2;/h5-6H,1-4H2;1,3H;2*1,3-4H2,2H3;. The van der Waals surface area contributed by atoms with Gasteiger partial charge in [0.15, 0.2) is 0 Å². The second-order valence-corrected chi connectivity index (χ2v) is 23.2. The maximum atomic E-state index is 6.65. The summed E-state index contributed by atoms with van der Waals surface area (Å²) in [6.45, 7) is 4.65. The van der Waals surface area contributed by atoms with E-state index in [-0.39, 0.29) is 0 Å². The number of rotatable bonds is 12. The van der Waals surface area contributed by atoms with E-state index >= 15 is 0 Å². The second-order valence-electron chi connectivity index (χ2n) is 7.02. The number of aryl methyl sites for hydroxylation is 1. The molecule has 0 radical (unpaired) electrons. The third-order valence-electron chi connectivity index (χ3n) is 5.25. The van der Waals surface area contributed by atoms with E-state index in [1.165, 1.54) is 57.4 Å². The van der Waals surface area contributed by atoms with Gasteiger partial charge >= 0.3 is 177 Å². The third kappa shape index (κ3) is 6.41. The number of halogens is 2. The predicted molar refractivity (Wildman–Crippen MR) is 121 cm³/mol. The quantitative estimate of drug-likeness (QED) is 0.193. The van der Waals surface area contributed by atoms with Gasteiger partial charge in [0.05, 0.1) is 0 Å². The molecule has 2 aromatic heterocycles. The maximum absolute atomic E-state index is 6.65. The molecule has 0 aliphatic rings. The van der Waals surface area contributed by atoms with Gasteiger partial charge in [-0.05, 0) is 0 Å². The molecule has 2 rings (SSSR count). The van der Waals surface area contributed by atoms with Gasteiger partial charge in [-0.1, -0.05) is 0 Å². The van der Waals surface area contributed by atoms with Crippen LogP contribution >= 0.6 is 45.9 Å². The van der Waals surface area contributed by atoms with Crippen molar-refractivity contribution >= 4 is 67.8 Å². The fourth-order valence-corrected chi connectivity index (χ4v) is 24.5. The fourth-order valence-electron chi connectivity index (χ4n) is 3.76. The Morgan fingerprint density at radius 2 is 1.40 bits per heavy atom. The normalized spacial score (nSPS) is 12.0. The van der Waals surface area contributed by atoms with Gasteiger partial charge in [-0.2, -0.15) is 0 Å². The summed E-state index contributed by atoms with van der Waals surface area (Å²) in [6.07, 6.45) is 9.08. The summed E-state index contributed by atoms with van der Waals surface area (Å²) in [6, 6.07) is 4.57. The van der Waals surface area contributed by atoms with Gasteiger partial charge in [-0.3, -0.25) is 0 Å². The van der Waals surface area contributed by atoms with Crippen molar-refractivity contribution in [1.29, 1.82) is 0 Å². The zero-order valence-corrected chi connectivity index (χ0v) is 21.5. The summed E-state index contributed by atoms with van der Waals surface area (Å²) in [4.78, 5) is 0. The molecule has 0 spiro atoms. The first kappa shape index (κ1) is 22.1. The van der Waals surface area contributed by atoms with Gasteiger partial charge in [0.1, 0.15) is 0 Å². The van der Waals surface area contributed by atoms with E-state index in [1.54, 1.807) is 26.3 Å². The molecule has 0 amide bonds. The Hall–Kier alpha value is 0.779. The molecule has 0 unspecified atom stereocenters. The first-order valence-corrected chi connectivity index (χ1v) is 19.6. The van der Waals surface area contributed by atoms with E-state index in [9.17, 15) is 0 Å². The molecule has 0 saturated carbocycles. The zero-order chi connectivity index (χ0) is 18.1. The van der Waals surface area contributed by atoms with Gasteiger partial charge < -0.3 is 0 Å². The zero-order valence-electron chi connectivity index (χ0n) is 15.5. The molecular weight excluding hydrogens is 494 g/mol. The van der Waals surface area contributed by atoms with Crippen LogP contribution in [0.3, 0.4) is 0 Å². The Balaban J connectivity index is 2.06. The van der Waals surface area contributed by atoms with Crippen molar-refractivity contribution in [3.8, 4) is 0 Å². The molecular formula is C20H30Cl2S2Sn. The predicted octanol–water partition coefficient (Wildman–Crippen LogP) is 8.40. The van der Waals surface area contributed by atoms with Crippen LogP contribution in [0, 0.1) is 0 Å². The SMILES string of the molecule is CCC[CH2][Sn]([CH2]CCC)([CH2]CCCc1ccsc1Cl)[c]1ccsc1Cl. The molecule has 5 heteroatoms. The van der Waals surface area contributed by atoms with Gasteiger partial charge in [-0.15, -0.1) is 0 Å². The first-order chi connectivity index (χ1) is 12.1. The van der Waals surface area contributed by atoms with Crippen LogP contribution in [0.15, 0.2) is 22.9 Å². The molecule has 0 aromatic carbocycles. The first-order valence-electron chi connectivity index (χ1n) is 9.58. The van der Waals surface area contributed by atoms with Crippen LogP contribution in [-0.4, -0.2) is 18.4 Å². The minimum absolute atomic E-state index is 0.979. The van der Waals surface area contributed by atoms with Crippen LogP contribution in [0.1, 0.15) is 57.9 Å². The van der Waals surface area contributed by atoms with Crippen LogP contribution in [0.5, 0.6) is 0 Å². The molecule has 0 saturated heterocycles. The molecule has 0 nitrogen and oxygen atoms in total. The Morgan fingerprint density at radius 1 is 0.800 bits per heavy atom. The van der Waals surface area contributed by atoms with Crippen LogP contribution in [0.25, 0.3) is 0 Å². The molecule has 2 heterocycles. The van der Waals surface area contributed by atoms with E-state index in [2.05, 4.69) is 36.7 Å². The van der Waals surface area contributed by atoms with Crippen molar-refractivity contribution in [2.45, 2.75) is 72.1 Å². The van der Waals surface area contributed by atoms with Crippen molar-refractivity contribution in [2.24, 2.45) is 0 Å². The van der Waals surface area contributed by atoms with Crippen molar-refractivity contribution < 1.29 is 0 Å². The third-order valence-corrected chi connectivity index (χ3v) is 24.3. The van der Waals surface area contributed by atoms with E-state index in [0.29, 0.717) is 0 Å². The average molecular weight is 524 g/mol. The summed E-state index contributed by atoms with van der Waals surface area (Å²) in [5.74, 6) is 0. The number of hydrogen-bond acceptors (Lipinski definition) is 2. The van der Waals surface area contributed by atoms with E-state index in [1.807, 2.05) is 0 Å². The van der Waals surface area contributed by atoms with Gasteiger partial charge in [0.2, 0.25) is 0 Å². The minimum atomic E-state index is -2.39. The molecule has 2 aromatic rings. The van der Waals surface area contributed by atoms with Crippen LogP contribution in [0.4, 0.5) is 0 Å². The Labute approximate surface area is 175 Å². The molecule has 140 valence electrons. The molecule has 25 heavy (non-hydrogen) atoms. The Bertz CT molecular complexity index is 613. The van der Waals surface area contributed by atoms with E-state index in [4.69, 9.17) is 23.2 Å². The van der Waals surface area contributed by atoms with Crippen LogP contribution < -0.4 is 3.58 Å². The van der Waals surface area contributed by atoms with Crippen molar-refractivity contribution in [2.75, 3.05) is 0 Å². The molecule has 0 fully saturated rings. The van der Waals surface area contributed by atoms with Crippen LogP contribution in [-0.2, 0) is 6.42 Å². The van der Waals surface area contributed by atoms with Crippen molar-refractivity contribution in [3.05, 3.63) is 37.1 Å². The monoisotopic (exact) mass is 524 g/mol. The van der Waals surface area contributed by atoms with Gasteiger partial charge in [0.25, 0.3) is 0 Å². The molecule has 0 bridgehead atoms. The van der Waals surface area contributed by atoms with Gasteiger partial charge in [0, 0.05) is 0 Å². The van der Waals surface area contributed by atoms with E-state index in [0.717, 1.165) is 15.1 Å². The van der Waals surface area contributed by atoms with E-state index < -0.39 is 18.4 Å². The number of hydrogen-bond donors (Lipinski definition) is 0. The molecule has 0 aliphatic carbocycles. The van der Waals surface area contributed by atoms with Gasteiger partial charge in [-0.25, -0.2) is 0 Å². The number of unbranched alkanes of at least 4 members (excludes halogenated alkanes) is 3.